The van der Waals surface area contributed by atoms with Crippen molar-refractivity contribution < 1.29 is 23.9 Å². The molecule has 210 valence electrons. The zero-order valence-corrected chi connectivity index (χ0v) is 23.2. The average Bonchev–Trinajstić information content (AvgIpc) is 3.60. The minimum absolute atomic E-state index is 0.0759. The van der Waals surface area contributed by atoms with Crippen LogP contribution in [0, 0.1) is 11.8 Å². The molecule has 9 heteroatoms. The van der Waals surface area contributed by atoms with Gasteiger partial charge in [0.15, 0.2) is 0 Å². The number of halogens is 1. The lowest BCUT2D eigenvalue weighted by Crippen LogP contribution is -2.56. The molecule has 6 rings (SSSR count). The maximum Gasteiger partial charge on any atom is 0.246 e. The molecule has 0 radical (unpaired) electrons. The number of hydrogen-bond donors (Lipinski definition) is 2. The van der Waals surface area contributed by atoms with Gasteiger partial charge in [-0.15, -0.1) is 0 Å². The number of nitrogens with one attached hydrogen (secondary N) is 2. The lowest BCUT2D eigenvalue weighted by atomic mass is 9.74. The van der Waals surface area contributed by atoms with Crippen LogP contribution in [0.2, 0.25) is 5.02 Å². The van der Waals surface area contributed by atoms with Crippen LogP contribution in [0.15, 0.2) is 60.7 Å². The summed E-state index contributed by atoms with van der Waals surface area (Å²) in [4.78, 5) is 43.4. The van der Waals surface area contributed by atoms with Crippen LogP contribution in [-0.2, 0) is 25.5 Å². The van der Waals surface area contributed by atoms with E-state index in [2.05, 4.69) is 10.6 Å². The van der Waals surface area contributed by atoms with Crippen molar-refractivity contribution in [2.24, 2.45) is 11.8 Å². The molecule has 4 aliphatic rings. The van der Waals surface area contributed by atoms with E-state index in [-0.39, 0.29) is 30.3 Å². The van der Waals surface area contributed by atoms with Crippen molar-refractivity contribution in [3.05, 3.63) is 71.3 Å². The Kier molecular flexibility index (Phi) is 7.31. The Hall–Kier alpha value is -3.36. The Morgan fingerprint density at radius 3 is 2.67 bits per heavy atom. The van der Waals surface area contributed by atoms with Crippen LogP contribution >= 0.6 is 11.6 Å². The Labute approximate surface area is 239 Å². The number of rotatable bonds is 8. The zero-order chi connectivity index (χ0) is 27.9. The van der Waals surface area contributed by atoms with Crippen LogP contribution < -0.4 is 15.4 Å². The second-order valence-electron chi connectivity index (χ2n) is 11.1. The van der Waals surface area contributed by atoms with Gasteiger partial charge < -0.3 is 25.0 Å². The standard InChI is InChI=1S/C31H34ClN3O5/c1-39-22-12-7-11-21(18-22)34-28(36)25-24-14-16-31(40-24)26(25)30(38)35(17-15-19-8-5-6-13-23(19)32)27(31)29(37)33-20-9-3-2-4-10-20/h5-8,11-14,16,18,20,24-27H,2-4,9-10,15,17H2,1H3,(H,33,37)(H,34,36). The third-order valence-corrected chi connectivity index (χ3v) is 9.16. The zero-order valence-electron chi connectivity index (χ0n) is 22.5. The van der Waals surface area contributed by atoms with Gasteiger partial charge in [-0.2, -0.15) is 0 Å². The lowest BCUT2D eigenvalue weighted by molar-refractivity contribution is -0.141. The summed E-state index contributed by atoms with van der Waals surface area (Å²) in [6.07, 6.45) is 8.73. The van der Waals surface area contributed by atoms with E-state index in [1.165, 1.54) is 6.42 Å². The molecular formula is C31H34ClN3O5. The van der Waals surface area contributed by atoms with Gasteiger partial charge in [0, 0.05) is 29.4 Å². The summed E-state index contributed by atoms with van der Waals surface area (Å²) in [6, 6.07) is 13.8. The Bertz CT molecular complexity index is 1340. The van der Waals surface area contributed by atoms with Gasteiger partial charge in [-0.05, 0) is 43.0 Å². The lowest BCUT2D eigenvalue weighted by Gasteiger charge is -2.34. The van der Waals surface area contributed by atoms with Gasteiger partial charge in [0.2, 0.25) is 17.7 Å². The SMILES string of the molecule is COc1cccc(NC(=O)C2C3C=CC4(O3)C2C(=O)N(CCc2ccccc2Cl)C4C(=O)NC2CCCCC2)c1. The number of carbonyl (C=O) groups is 3. The van der Waals surface area contributed by atoms with Crippen molar-refractivity contribution in [2.45, 2.75) is 62.3 Å². The summed E-state index contributed by atoms with van der Waals surface area (Å²) in [5.74, 6) is -1.74. The molecule has 40 heavy (non-hydrogen) atoms. The second-order valence-corrected chi connectivity index (χ2v) is 11.5. The quantitative estimate of drug-likeness (QED) is 0.471. The van der Waals surface area contributed by atoms with Crippen LogP contribution in [0.25, 0.3) is 0 Å². The summed E-state index contributed by atoms with van der Waals surface area (Å²) in [7, 11) is 1.56. The number of anilines is 1. The summed E-state index contributed by atoms with van der Waals surface area (Å²) in [6.45, 7) is 0.287. The summed E-state index contributed by atoms with van der Waals surface area (Å²) in [5, 5.41) is 6.78. The van der Waals surface area contributed by atoms with Gasteiger partial charge in [-0.3, -0.25) is 14.4 Å². The van der Waals surface area contributed by atoms with Crippen LogP contribution in [0.3, 0.4) is 0 Å². The number of fused-ring (bicyclic) bond motifs is 1. The number of methoxy groups -OCH3 is 1. The maximum atomic E-state index is 14.2. The molecule has 0 aromatic heterocycles. The van der Waals surface area contributed by atoms with Crippen LogP contribution in [0.5, 0.6) is 5.75 Å². The molecule has 2 saturated heterocycles. The van der Waals surface area contributed by atoms with E-state index in [0.29, 0.717) is 22.9 Å². The predicted molar refractivity (Wildman–Crippen MR) is 151 cm³/mol. The number of amides is 3. The fourth-order valence-electron chi connectivity index (χ4n) is 6.90. The van der Waals surface area contributed by atoms with E-state index in [0.717, 1.165) is 31.2 Å². The number of likely N-dealkylation sites (tertiary alicyclic amines) is 1. The van der Waals surface area contributed by atoms with Crippen molar-refractivity contribution in [3.63, 3.8) is 0 Å². The largest absolute Gasteiger partial charge is 0.497 e. The molecule has 8 nitrogen and oxygen atoms in total. The molecule has 2 bridgehead atoms. The molecule has 1 aliphatic carbocycles. The van der Waals surface area contributed by atoms with E-state index < -0.39 is 29.6 Å². The highest BCUT2D eigenvalue weighted by Crippen LogP contribution is 2.55. The predicted octanol–water partition coefficient (Wildman–Crippen LogP) is 4.13. The topological polar surface area (TPSA) is 97.0 Å². The molecule has 3 fully saturated rings. The highest BCUT2D eigenvalue weighted by Gasteiger charge is 2.72. The summed E-state index contributed by atoms with van der Waals surface area (Å²) < 4.78 is 11.7. The van der Waals surface area contributed by atoms with Gasteiger partial charge in [0.25, 0.3) is 0 Å². The number of nitrogens with zero attached hydrogens (tertiary/aromatic N) is 1. The van der Waals surface area contributed by atoms with Crippen molar-refractivity contribution in [1.29, 1.82) is 0 Å². The minimum atomic E-state index is -1.20. The monoisotopic (exact) mass is 563 g/mol. The molecule has 2 aromatic rings. The van der Waals surface area contributed by atoms with E-state index in [1.807, 2.05) is 36.4 Å². The normalized spacial score (nSPS) is 28.9. The van der Waals surface area contributed by atoms with Crippen molar-refractivity contribution in [1.82, 2.24) is 10.2 Å². The number of benzene rings is 2. The number of ether oxygens (including phenoxy) is 2. The van der Waals surface area contributed by atoms with Gasteiger partial charge >= 0.3 is 0 Å². The first-order valence-electron chi connectivity index (χ1n) is 14.1. The van der Waals surface area contributed by atoms with Gasteiger partial charge in [-0.1, -0.05) is 67.3 Å². The highest BCUT2D eigenvalue weighted by atomic mass is 35.5. The first-order valence-corrected chi connectivity index (χ1v) is 14.5. The highest BCUT2D eigenvalue weighted by molar-refractivity contribution is 6.31. The van der Waals surface area contributed by atoms with Crippen LogP contribution in [0.1, 0.15) is 37.7 Å². The minimum Gasteiger partial charge on any atom is -0.497 e. The Morgan fingerprint density at radius 2 is 1.90 bits per heavy atom. The van der Waals surface area contributed by atoms with E-state index in [1.54, 1.807) is 36.3 Å². The van der Waals surface area contributed by atoms with Gasteiger partial charge in [0.05, 0.1) is 25.0 Å². The van der Waals surface area contributed by atoms with Crippen LogP contribution in [0.4, 0.5) is 5.69 Å². The molecule has 2 N–H and O–H groups in total. The molecule has 1 spiro atoms. The molecule has 5 atom stereocenters. The first-order chi connectivity index (χ1) is 19.4. The maximum absolute atomic E-state index is 14.2. The van der Waals surface area contributed by atoms with E-state index in [4.69, 9.17) is 21.1 Å². The third kappa shape index (κ3) is 4.67. The molecule has 3 amide bonds. The summed E-state index contributed by atoms with van der Waals surface area (Å²) >= 11 is 6.41. The summed E-state index contributed by atoms with van der Waals surface area (Å²) in [5.41, 5.74) is 0.265. The second kappa shape index (κ2) is 10.9. The van der Waals surface area contributed by atoms with Crippen molar-refractivity contribution in [3.8, 4) is 5.75 Å². The third-order valence-electron chi connectivity index (χ3n) is 8.79. The van der Waals surface area contributed by atoms with Crippen molar-refractivity contribution >= 4 is 35.0 Å². The fraction of sp³-hybridized carbons (Fsp3) is 0.452. The first kappa shape index (κ1) is 26.8. The van der Waals surface area contributed by atoms with Crippen molar-refractivity contribution in [2.75, 3.05) is 19.0 Å². The Balaban J connectivity index is 1.29. The van der Waals surface area contributed by atoms with Crippen LogP contribution in [-0.4, -0.2) is 60.1 Å². The smallest absolute Gasteiger partial charge is 0.246 e. The fourth-order valence-corrected chi connectivity index (χ4v) is 7.13. The van der Waals surface area contributed by atoms with E-state index >= 15 is 0 Å². The molecule has 3 heterocycles. The molecular weight excluding hydrogens is 530 g/mol. The van der Waals surface area contributed by atoms with Gasteiger partial charge in [-0.25, -0.2) is 0 Å². The van der Waals surface area contributed by atoms with Gasteiger partial charge in [0.1, 0.15) is 17.4 Å². The molecule has 2 aromatic carbocycles. The molecule has 1 saturated carbocycles. The molecule has 5 unspecified atom stereocenters. The average molecular weight is 564 g/mol. The molecule has 3 aliphatic heterocycles. The Morgan fingerprint density at radius 1 is 1.10 bits per heavy atom. The number of carbonyl (C=O) groups excluding carboxylic acids is 3. The number of hydrogen-bond acceptors (Lipinski definition) is 5. The van der Waals surface area contributed by atoms with E-state index in [9.17, 15) is 14.4 Å².